The van der Waals surface area contributed by atoms with Gasteiger partial charge in [-0.05, 0) is 37.6 Å². The fraction of sp³-hybridized carbons (Fsp3) is 0.417. The van der Waals surface area contributed by atoms with Crippen LogP contribution in [0.3, 0.4) is 0 Å². The van der Waals surface area contributed by atoms with Crippen LogP contribution in [0.4, 0.5) is 4.39 Å². The first-order valence-corrected chi connectivity index (χ1v) is 6.01. The summed E-state index contributed by atoms with van der Waals surface area (Å²) in [4.78, 5) is 11.8. The summed E-state index contributed by atoms with van der Waals surface area (Å²) in [6.07, 6.45) is 1.99. The second-order valence-electron chi connectivity index (χ2n) is 4.15. The third kappa shape index (κ3) is 3.17. The predicted octanol–water partition coefficient (Wildman–Crippen LogP) is 1.96. The molecule has 2 rings (SSSR count). The van der Waals surface area contributed by atoms with E-state index in [0.717, 1.165) is 32.0 Å². The summed E-state index contributed by atoms with van der Waals surface area (Å²) in [5.41, 5.74) is 0.303. The smallest absolute Gasteiger partial charge is 0.251 e. The fourth-order valence-corrected chi connectivity index (χ4v) is 2.00. The van der Waals surface area contributed by atoms with Crippen molar-refractivity contribution in [1.29, 1.82) is 0 Å². The minimum absolute atomic E-state index is 0.0286. The standard InChI is InChI=1S/C12H14ClFN2O/c13-10-4-3-8(6-11(10)14)12(17)16-9-2-1-5-15-7-9/h3-4,6,9,15H,1-2,5,7H2,(H,16,17). The Morgan fingerprint density at radius 3 is 3.00 bits per heavy atom. The molecule has 0 saturated carbocycles. The number of amides is 1. The number of nitrogens with one attached hydrogen (secondary N) is 2. The average Bonchev–Trinajstić information content (AvgIpc) is 2.34. The molecule has 92 valence electrons. The molecule has 1 aliphatic heterocycles. The third-order valence-electron chi connectivity index (χ3n) is 2.81. The zero-order valence-corrected chi connectivity index (χ0v) is 10.1. The second kappa shape index (κ2) is 5.47. The summed E-state index contributed by atoms with van der Waals surface area (Å²) in [6.45, 7) is 1.75. The van der Waals surface area contributed by atoms with E-state index < -0.39 is 5.82 Å². The van der Waals surface area contributed by atoms with Crippen LogP contribution in [0.5, 0.6) is 0 Å². The normalized spacial score (nSPS) is 20.0. The molecule has 1 saturated heterocycles. The Morgan fingerprint density at radius 2 is 2.35 bits per heavy atom. The zero-order chi connectivity index (χ0) is 12.3. The van der Waals surface area contributed by atoms with Gasteiger partial charge in [-0.1, -0.05) is 11.6 Å². The van der Waals surface area contributed by atoms with Gasteiger partial charge in [0.1, 0.15) is 5.82 Å². The van der Waals surface area contributed by atoms with Crippen molar-refractivity contribution >= 4 is 17.5 Å². The molecule has 17 heavy (non-hydrogen) atoms. The average molecular weight is 257 g/mol. The molecule has 0 aromatic heterocycles. The van der Waals surface area contributed by atoms with E-state index in [-0.39, 0.29) is 17.0 Å². The SMILES string of the molecule is O=C(NC1CCCNC1)c1ccc(Cl)c(F)c1. The van der Waals surface area contributed by atoms with Crippen LogP contribution in [0.2, 0.25) is 5.02 Å². The summed E-state index contributed by atoms with van der Waals surface area (Å²) in [7, 11) is 0. The lowest BCUT2D eigenvalue weighted by atomic mass is 10.1. The quantitative estimate of drug-likeness (QED) is 0.849. The van der Waals surface area contributed by atoms with E-state index in [0.29, 0.717) is 5.56 Å². The molecule has 1 atom stereocenters. The molecule has 2 N–H and O–H groups in total. The van der Waals surface area contributed by atoms with Crippen molar-refractivity contribution in [3.05, 3.63) is 34.6 Å². The van der Waals surface area contributed by atoms with Gasteiger partial charge in [0.15, 0.2) is 0 Å². The predicted molar refractivity (Wildman–Crippen MR) is 64.8 cm³/mol. The molecule has 0 bridgehead atoms. The molecule has 1 amide bonds. The lowest BCUT2D eigenvalue weighted by Crippen LogP contribution is -2.45. The van der Waals surface area contributed by atoms with Gasteiger partial charge < -0.3 is 10.6 Å². The third-order valence-corrected chi connectivity index (χ3v) is 3.12. The lowest BCUT2D eigenvalue weighted by molar-refractivity contribution is 0.0930. The largest absolute Gasteiger partial charge is 0.348 e. The monoisotopic (exact) mass is 256 g/mol. The summed E-state index contributed by atoms with van der Waals surface area (Å²) in [5.74, 6) is -0.824. The van der Waals surface area contributed by atoms with Gasteiger partial charge in [-0.25, -0.2) is 4.39 Å². The Morgan fingerprint density at radius 1 is 1.53 bits per heavy atom. The van der Waals surface area contributed by atoms with Crippen molar-refractivity contribution < 1.29 is 9.18 Å². The van der Waals surface area contributed by atoms with Gasteiger partial charge in [-0.15, -0.1) is 0 Å². The molecule has 5 heteroatoms. The van der Waals surface area contributed by atoms with Crippen LogP contribution in [-0.4, -0.2) is 25.0 Å². The van der Waals surface area contributed by atoms with Gasteiger partial charge in [0.2, 0.25) is 0 Å². The maximum atomic E-state index is 13.2. The second-order valence-corrected chi connectivity index (χ2v) is 4.55. The van der Waals surface area contributed by atoms with Crippen molar-refractivity contribution in [3.63, 3.8) is 0 Å². The maximum absolute atomic E-state index is 13.2. The molecular formula is C12H14ClFN2O. The minimum atomic E-state index is -0.568. The molecule has 1 aliphatic rings. The van der Waals surface area contributed by atoms with E-state index in [1.54, 1.807) is 0 Å². The maximum Gasteiger partial charge on any atom is 0.251 e. The first kappa shape index (κ1) is 12.3. The topological polar surface area (TPSA) is 41.1 Å². The van der Waals surface area contributed by atoms with E-state index in [4.69, 9.17) is 11.6 Å². The molecule has 1 heterocycles. The van der Waals surface area contributed by atoms with E-state index in [1.807, 2.05) is 0 Å². The fourth-order valence-electron chi connectivity index (χ4n) is 1.88. The van der Waals surface area contributed by atoms with Gasteiger partial charge in [-0.3, -0.25) is 4.79 Å². The van der Waals surface area contributed by atoms with Crippen molar-refractivity contribution in [2.24, 2.45) is 0 Å². The van der Waals surface area contributed by atoms with Crippen molar-refractivity contribution in [1.82, 2.24) is 10.6 Å². The molecule has 0 radical (unpaired) electrons. The van der Waals surface area contributed by atoms with Crippen LogP contribution in [-0.2, 0) is 0 Å². The van der Waals surface area contributed by atoms with Gasteiger partial charge in [0.05, 0.1) is 5.02 Å². The summed E-state index contributed by atoms with van der Waals surface area (Å²) in [5, 5.41) is 6.10. The van der Waals surface area contributed by atoms with Crippen LogP contribution in [0.15, 0.2) is 18.2 Å². The highest BCUT2D eigenvalue weighted by atomic mass is 35.5. The van der Waals surface area contributed by atoms with E-state index in [9.17, 15) is 9.18 Å². The van der Waals surface area contributed by atoms with Crippen LogP contribution in [0.25, 0.3) is 0 Å². The lowest BCUT2D eigenvalue weighted by Gasteiger charge is -2.23. The summed E-state index contributed by atoms with van der Waals surface area (Å²) in [6, 6.07) is 4.20. The van der Waals surface area contributed by atoms with Crippen LogP contribution in [0, 0.1) is 5.82 Å². The molecule has 1 aromatic carbocycles. The Kier molecular flexibility index (Phi) is 3.97. The molecule has 1 unspecified atom stereocenters. The number of rotatable bonds is 2. The van der Waals surface area contributed by atoms with Gasteiger partial charge in [-0.2, -0.15) is 0 Å². The molecule has 0 aliphatic carbocycles. The van der Waals surface area contributed by atoms with Gasteiger partial charge >= 0.3 is 0 Å². The number of hydrogen-bond acceptors (Lipinski definition) is 2. The first-order valence-electron chi connectivity index (χ1n) is 5.63. The van der Waals surface area contributed by atoms with Crippen LogP contribution >= 0.6 is 11.6 Å². The summed E-state index contributed by atoms with van der Waals surface area (Å²) >= 11 is 5.56. The van der Waals surface area contributed by atoms with E-state index in [1.165, 1.54) is 12.1 Å². The Balaban J connectivity index is 2.01. The number of hydrogen-bond donors (Lipinski definition) is 2. The van der Waals surface area contributed by atoms with Crippen LogP contribution in [0.1, 0.15) is 23.2 Å². The highest BCUT2D eigenvalue weighted by molar-refractivity contribution is 6.30. The van der Waals surface area contributed by atoms with Gasteiger partial charge in [0.25, 0.3) is 5.91 Å². The number of benzene rings is 1. The first-order chi connectivity index (χ1) is 8.16. The molecule has 1 fully saturated rings. The Bertz CT molecular complexity index is 419. The number of piperidine rings is 1. The molecule has 0 spiro atoms. The highest BCUT2D eigenvalue weighted by Crippen LogP contribution is 2.15. The molecule has 1 aromatic rings. The van der Waals surface area contributed by atoms with Crippen LogP contribution < -0.4 is 10.6 Å². The van der Waals surface area contributed by atoms with Crippen molar-refractivity contribution in [3.8, 4) is 0 Å². The van der Waals surface area contributed by atoms with E-state index >= 15 is 0 Å². The number of carbonyl (C=O) groups is 1. The number of halogens is 2. The van der Waals surface area contributed by atoms with Crippen molar-refractivity contribution in [2.75, 3.05) is 13.1 Å². The zero-order valence-electron chi connectivity index (χ0n) is 9.30. The van der Waals surface area contributed by atoms with Gasteiger partial charge in [0, 0.05) is 18.2 Å². The summed E-state index contributed by atoms with van der Waals surface area (Å²) < 4.78 is 13.2. The Hall–Kier alpha value is -1.13. The molecular weight excluding hydrogens is 243 g/mol. The van der Waals surface area contributed by atoms with Crippen molar-refractivity contribution in [2.45, 2.75) is 18.9 Å². The number of carbonyl (C=O) groups excluding carboxylic acids is 1. The Labute approximate surface area is 104 Å². The minimum Gasteiger partial charge on any atom is -0.348 e. The molecule has 3 nitrogen and oxygen atoms in total. The van der Waals surface area contributed by atoms with E-state index in [2.05, 4.69) is 10.6 Å². The highest BCUT2D eigenvalue weighted by Gasteiger charge is 2.16.